The molecule has 0 saturated heterocycles. The Morgan fingerprint density at radius 1 is 0.327 bits per heavy atom. The fourth-order valence-corrected chi connectivity index (χ4v) is 8.25. The smallest absolute Gasteiger partial charge is 0.136 e. The van der Waals surface area contributed by atoms with Crippen LogP contribution in [0.15, 0.2) is 168 Å². The van der Waals surface area contributed by atoms with Crippen molar-refractivity contribution in [2.75, 3.05) is 0 Å². The van der Waals surface area contributed by atoms with Crippen LogP contribution in [-0.4, -0.2) is 4.98 Å². The highest BCUT2D eigenvalue weighted by Crippen LogP contribution is 2.46. The van der Waals surface area contributed by atoms with Crippen molar-refractivity contribution in [2.45, 2.75) is 0 Å². The van der Waals surface area contributed by atoms with Crippen LogP contribution in [0.1, 0.15) is 0 Å². The maximum absolute atomic E-state index is 6.34. The minimum absolute atomic E-state index is 0.921. The van der Waals surface area contributed by atoms with E-state index in [0.717, 1.165) is 38.5 Å². The molecule has 49 heavy (non-hydrogen) atoms. The van der Waals surface area contributed by atoms with E-state index >= 15 is 0 Å². The molecule has 11 aromatic rings. The minimum Gasteiger partial charge on any atom is -0.456 e. The average molecular weight is 622 g/mol. The van der Waals surface area contributed by atoms with E-state index in [1.54, 1.807) is 0 Å². The third kappa shape index (κ3) is 3.80. The molecule has 11 rings (SSSR count). The van der Waals surface area contributed by atoms with Crippen LogP contribution in [0, 0.1) is 0 Å². The molecular formula is C47H27NO. The Morgan fingerprint density at radius 2 is 0.878 bits per heavy atom. The Morgan fingerprint density at radius 3 is 1.61 bits per heavy atom. The van der Waals surface area contributed by atoms with Gasteiger partial charge in [-0.25, -0.2) is 4.98 Å². The average Bonchev–Trinajstić information content (AvgIpc) is 3.53. The summed E-state index contributed by atoms with van der Waals surface area (Å²) >= 11 is 0. The largest absolute Gasteiger partial charge is 0.456 e. The molecule has 0 unspecified atom stereocenters. The first-order chi connectivity index (χ1) is 24.3. The van der Waals surface area contributed by atoms with Crippen LogP contribution in [0.5, 0.6) is 0 Å². The lowest BCUT2D eigenvalue weighted by molar-refractivity contribution is 0.669. The second kappa shape index (κ2) is 10.00. The number of nitrogens with zero attached hydrogens (tertiary/aromatic N) is 1. The van der Waals surface area contributed by atoms with Gasteiger partial charge in [0, 0.05) is 21.7 Å². The highest BCUT2D eigenvalue weighted by Gasteiger charge is 2.19. The van der Waals surface area contributed by atoms with Gasteiger partial charge in [0.15, 0.2) is 0 Å². The number of hydrogen-bond acceptors (Lipinski definition) is 2. The molecular weight excluding hydrogens is 595 g/mol. The Balaban J connectivity index is 1.23. The van der Waals surface area contributed by atoms with Crippen molar-refractivity contribution in [1.29, 1.82) is 0 Å². The van der Waals surface area contributed by atoms with E-state index in [2.05, 4.69) is 158 Å². The Hall–Kier alpha value is -6.51. The van der Waals surface area contributed by atoms with Crippen LogP contribution >= 0.6 is 0 Å². The van der Waals surface area contributed by atoms with Crippen molar-refractivity contribution in [2.24, 2.45) is 0 Å². The van der Waals surface area contributed by atoms with Gasteiger partial charge in [0.25, 0.3) is 0 Å². The van der Waals surface area contributed by atoms with Crippen molar-refractivity contribution >= 4 is 86.7 Å². The molecule has 0 spiro atoms. The summed E-state index contributed by atoms with van der Waals surface area (Å²) in [6.45, 7) is 0. The first-order valence-electron chi connectivity index (χ1n) is 16.8. The van der Waals surface area contributed by atoms with Gasteiger partial charge >= 0.3 is 0 Å². The fraction of sp³-hybridized carbons (Fsp3) is 0. The summed E-state index contributed by atoms with van der Waals surface area (Å²) in [5.74, 6) is 0. The predicted octanol–water partition coefficient (Wildman–Crippen LogP) is 13.2. The van der Waals surface area contributed by atoms with Crippen LogP contribution < -0.4 is 0 Å². The van der Waals surface area contributed by atoms with Gasteiger partial charge in [0.1, 0.15) is 11.2 Å². The second-order valence-corrected chi connectivity index (χ2v) is 13.0. The van der Waals surface area contributed by atoms with Crippen LogP contribution in [0.2, 0.25) is 0 Å². The van der Waals surface area contributed by atoms with Crippen molar-refractivity contribution in [3.05, 3.63) is 164 Å². The van der Waals surface area contributed by atoms with E-state index in [1.807, 2.05) is 6.07 Å². The Bertz CT molecular complexity index is 3110. The van der Waals surface area contributed by atoms with Gasteiger partial charge in [-0.15, -0.1) is 0 Å². The van der Waals surface area contributed by atoms with Gasteiger partial charge in [-0.1, -0.05) is 127 Å². The number of fused-ring (bicyclic) bond motifs is 12. The van der Waals surface area contributed by atoms with E-state index in [4.69, 9.17) is 9.40 Å². The van der Waals surface area contributed by atoms with E-state index in [-0.39, 0.29) is 0 Å². The quantitative estimate of drug-likeness (QED) is 0.142. The topological polar surface area (TPSA) is 26.0 Å². The molecule has 0 saturated carbocycles. The lowest BCUT2D eigenvalue weighted by Gasteiger charge is -2.18. The summed E-state index contributed by atoms with van der Waals surface area (Å²) in [5, 5.41) is 15.7. The molecule has 0 fully saturated rings. The molecule has 2 heterocycles. The molecule has 226 valence electrons. The van der Waals surface area contributed by atoms with Gasteiger partial charge in [0.05, 0.1) is 11.2 Å². The molecule has 0 aliphatic rings. The minimum atomic E-state index is 0.921. The number of pyridine rings is 1. The highest BCUT2D eigenvalue weighted by molar-refractivity contribution is 6.29. The summed E-state index contributed by atoms with van der Waals surface area (Å²) < 4.78 is 6.34. The summed E-state index contributed by atoms with van der Waals surface area (Å²) in [4.78, 5) is 5.18. The van der Waals surface area contributed by atoms with Gasteiger partial charge in [-0.2, -0.15) is 0 Å². The van der Waals surface area contributed by atoms with Crippen molar-refractivity contribution in [1.82, 2.24) is 4.98 Å². The van der Waals surface area contributed by atoms with Crippen molar-refractivity contribution < 1.29 is 4.42 Å². The van der Waals surface area contributed by atoms with Crippen LogP contribution in [0.25, 0.3) is 109 Å². The Kier molecular flexibility index (Phi) is 5.42. The van der Waals surface area contributed by atoms with Gasteiger partial charge in [0.2, 0.25) is 0 Å². The molecule has 0 aliphatic carbocycles. The summed E-state index contributed by atoms with van der Waals surface area (Å²) in [5.41, 5.74) is 7.47. The lowest BCUT2D eigenvalue weighted by Crippen LogP contribution is -1.93. The zero-order chi connectivity index (χ0) is 32.1. The molecule has 0 N–H and O–H groups in total. The SMILES string of the molecule is c1ccc2nc(-c3c4ccccc4c(-c4ccc5c(c4)c4ccccc4c4cc6oc7ccccc7c6cc54)c4ccccc34)ccc2c1. The molecule has 2 aromatic heterocycles. The molecule has 0 radical (unpaired) electrons. The predicted molar refractivity (Wildman–Crippen MR) is 207 cm³/mol. The zero-order valence-electron chi connectivity index (χ0n) is 26.4. The van der Waals surface area contributed by atoms with Crippen molar-refractivity contribution in [3.63, 3.8) is 0 Å². The van der Waals surface area contributed by atoms with Crippen LogP contribution in [0.3, 0.4) is 0 Å². The fourth-order valence-electron chi connectivity index (χ4n) is 8.25. The standard InChI is InChI=1S/C47H27NO/c1-9-19-42-28(11-1)22-24-43(48-42)47-36-17-6-4-15-34(36)46(35-16-5-7-18-37(35)47)29-21-23-32-38(25-29)30-12-2-3-13-31(30)40-27-45-41(26-39(32)40)33-14-8-10-20-44(33)49-45/h1-27H. The zero-order valence-corrected chi connectivity index (χ0v) is 26.4. The lowest BCUT2D eigenvalue weighted by atomic mass is 9.85. The highest BCUT2D eigenvalue weighted by atomic mass is 16.3. The third-order valence-electron chi connectivity index (χ3n) is 10.4. The maximum Gasteiger partial charge on any atom is 0.136 e. The molecule has 0 bridgehead atoms. The first kappa shape index (κ1) is 26.5. The van der Waals surface area contributed by atoms with Crippen LogP contribution in [0.4, 0.5) is 0 Å². The normalized spacial score (nSPS) is 12.1. The number of hydrogen-bond donors (Lipinski definition) is 0. The summed E-state index contributed by atoms with van der Waals surface area (Å²) in [6, 6.07) is 59.1. The van der Waals surface area contributed by atoms with Gasteiger partial charge in [-0.3, -0.25) is 0 Å². The molecule has 0 amide bonds. The number of benzene rings is 9. The molecule has 9 aromatic carbocycles. The van der Waals surface area contributed by atoms with E-state index in [9.17, 15) is 0 Å². The second-order valence-electron chi connectivity index (χ2n) is 13.0. The number of rotatable bonds is 2. The van der Waals surface area contributed by atoms with Crippen molar-refractivity contribution in [3.8, 4) is 22.4 Å². The van der Waals surface area contributed by atoms with E-state index < -0.39 is 0 Å². The molecule has 0 aliphatic heterocycles. The Labute approximate surface area is 281 Å². The number of para-hydroxylation sites is 2. The monoisotopic (exact) mass is 621 g/mol. The third-order valence-corrected chi connectivity index (χ3v) is 10.4. The summed E-state index contributed by atoms with van der Waals surface area (Å²) in [7, 11) is 0. The van der Waals surface area contributed by atoms with Crippen LogP contribution in [-0.2, 0) is 0 Å². The van der Waals surface area contributed by atoms with Gasteiger partial charge < -0.3 is 4.42 Å². The van der Waals surface area contributed by atoms with E-state index in [0.29, 0.717) is 0 Å². The molecule has 2 heteroatoms. The molecule has 2 nitrogen and oxygen atoms in total. The first-order valence-corrected chi connectivity index (χ1v) is 16.8. The van der Waals surface area contributed by atoms with E-state index in [1.165, 1.54) is 70.6 Å². The number of furan rings is 1. The summed E-state index contributed by atoms with van der Waals surface area (Å²) in [6.07, 6.45) is 0. The maximum atomic E-state index is 6.34. The number of aromatic nitrogens is 1. The molecule has 0 atom stereocenters. The van der Waals surface area contributed by atoms with Gasteiger partial charge in [-0.05, 0) is 101 Å².